The van der Waals surface area contributed by atoms with Gasteiger partial charge in [0.15, 0.2) is 0 Å². The molecule has 0 saturated heterocycles. The van der Waals surface area contributed by atoms with Gasteiger partial charge in [0.25, 0.3) is 5.78 Å². The number of rotatable bonds is 5. The van der Waals surface area contributed by atoms with E-state index in [1.165, 1.54) is 25.0 Å². The first-order valence-corrected chi connectivity index (χ1v) is 6.07. The quantitative estimate of drug-likeness (QED) is 0.670. The Morgan fingerprint density at radius 1 is 1.41 bits per heavy atom. The van der Waals surface area contributed by atoms with E-state index in [9.17, 15) is 9.59 Å². The number of carbonyl (C=O) groups is 2. The Morgan fingerprint density at radius 3 is 2.71 bits per heavy atom. The molecule has 17 heavy (non-hydrogen) atoms. The molecule has 1 aliphatic carbocycles. The lowest BCUT2D eigenvalue weighted by molar-refractivity contribution is -0.131. The van der Waals surface area contributed by atoms with Crippen molar-refractivity contribution in [3.8, 4) is 5.75 Å². The van der Waals surface area contributed by atoms with Crippen LogP contribution < -0.4 is 4.74 Å². The Balaban J connectivity index is 2.15. The third-order valence-corrected chi connectivity index (χ3v) is 3.21. The van der Waals surface area contributed by atoms with E-state index in [1.807, 2.05) is 0 Å². The first-order valence-electron chi connectivity index (χ1n) is 5.28. The summed E-state index contributed by atoms with van der Waals surface area (Å²) in [4.78, 5) is 21.9. The van der Waals surface area contributed by atoms with Crippen LogP contribution in [0.2, 0.25) is 0 Å². The monoisotopic (exact) mass is 298 g/mol. The number of carboxylic acids is 1. The summed E-state index contributed by atoms with van der Waals surface area (Å²) in [5.74, 6) is -1.26. The molecule has 0 radical (unpaired) electrons. The van der Waals surface area contributed by atoms with Crippen LogP contribution in [0.5, 0.6) is 5.75 Å². The van der Waals surface area contributed by atoms with E-state index in [0.717, 1.165) is 4.47 Å². The van der Waals surface area contributed by atoms with Crippen molar-refractivity contribution >= 4 is 27.7 Å². The fourth-order valence-corrected chi connectivity index (χ4v) is 1.73. The van der Waals surface area contributed by atoms with Crippen LogP contribution in [0.3, 0.4) is 0 Å². The molecule has 0 heterocycles. The second kappa shape index (κ2) is 4.87. The van der Waals surface area contributed by atoms with Crippen molar-refractivity contribution in [1.82, 2.24) is 0 Å². The highest BCUT2D eigenvalue weighted by Gasteiger charge is 2.23. The average molecular weight is 299 g/mol. The minimum atomic E-state index is -1.46. The predicted molar refractivity (Wildman–Crippen MR) is 64.3 cm³/mol. The molecule has 0 atom stereocenters. The fraction of sp³-hybridized carbons (Fsp3) is 0.333. The van der Waals surface area contributed by atoms with Gasteiger partial charge in [-0.2, -0.15) is 0 Å². The fourth-order valence-electron chi connectivity index (χ4n) is 1.37. The summed E-state index contributed by atoms with van der Waals surface area (Å²) in [6.45, 7) is 0.614. The second-order valence-corrected chi connectivity index (χ2v) is 4.89. The molecule has 1 saturated carbocycles. The zero-order valence-electron chi connectivity index (χ0n) is 8.98. The number of Topliss-reactive ketones (excluding diaryl/α,β-unsaturated/α-hetero) is 1. The molecule has 2 rings (SSSR count). The van der Waals surface area contributed by atoms with Crippen molar-refractivity contribution in [3.05, 3.63) is 28.2 Å². The summed E-state index contributed by atoms with van der Waals surface area (Å²) in [7, 11) is 0. The number of carbonyl (C=O) groups excluding carboxylic acids is 1. The van der Waals surface area contributed by atoms with Gasteiger partial charge in [0.05, 0.1) is 11.1 Å². The lowest BCUT2D eigenvalue weighted by Gasteiger charge is -2.08. The molecule has 5 heteroatoms. The van der Waals surface area contributed by atoms with Gasteiger partial charge in [-0.3, -0.25) is 4.79 Å². The summed E-state index contributed by atoms with van der Waals surface area (Å²) < 4.78 is 6.26. The van der Waals surface area contributed by atoms with E-state index in [2.05, 4.69) is 15.9 Å². The maximum atomic E-state index is 11.3. The van der Waals surface area contributed by atoms with Crippen molar-refractivity contribution in [1.29, 1.82) is 0 Å². The third-order valence-electron chi connectivity index (χ3n) is 2.56. The minimum absolute atomic E-state index is 0.131. The Kier molecular flexibility index (Phi) is 3.47. The zero-order valence-corrected chi connectivity index (χ0v) is 10.6. The first kappa shape index (κ1) is 12.1. The normalized spacial score (nSPS) is 14.4. The molecule has 90 valence electrons. The molecule has 1 aromatic rings. The van der Waals surface area contributed by atoms with Gasteiger partial charge in [-0.25, -0.2) is 4.79 Å². The second-order valence-electron chi connectivity index (χ2n) is 4.03. The molecular weight excluding hydrogens is 288 g/mol. The molecular formula is C12H11BrO4. The number of hydrogen-bond donors (Lipinski definition) is 1. The maximum Gasteiger partial charge on any atom is 0.377 e. The van der Waals surface area contributed by atoms with E-state index < -0.39 is 11.8 Å². The lowest BCUT2D eigenvalue weighted by atomic mass is 10.1. The van der Waals surface area contributed by atoms with Crippen LogP contribution in [0.1, 0.15) is 23.2 Å². The number of halogens is 1. The van der Waals surface area contributed by atoms with E-state index in [1.54, 1.807) is 6.07 Å². The predicted octanol–water partition coefficient (Wildman–Crippen LogP) is 2.51. The Morgan fingerprint density at radius 2 is 2.12 bits per heavy atom. The van der Waals surface area contributed by atoms with Gasteiger partial charge in [0.2, 0.25) is 0 Å². The van der Waals surface area contributed by atoms with Crippen molar-refractivity contribution in [3.63, 3.8) is 0 Å². The van der Waals surface area contributed by atoms with Gasteiger partial charge >= 0.3 is 5.97 Å². The molecule has 1 aliphatic rings. The van der Waals surface area contributed by atoms with E-state index in [4.69, 9.17) is 9.84 Å². The SMILES string of the molecule is O=C(O)C(=O)c1ccc(Br)c(OCC2CC2)c1. The van der Waals surface area contributed by atoms with Crippen molar-refractivity contribution < 1.29 is 19.4 Å². The zero-order chi connectivity index (χ0) is 12.4. The van der Waals surface area contributed by atoms with Gasteiger partial charge < -0.3 is 9.84 Å². The van der Waals surface area contributed by atoms with E-state index in [-0.39, 0.29) is 5.56 Å². The van der Waals surface area contributed by atoms with Crippen LogP contribution in [-0.4, -0.2) is 23.5 Å². The highest BCUT2D eigenvalue weighted by atomic mass is 79.9. The topological polar surface area (TPSA) is 63.6 Å². The summed E-state index contributed by atoms with van der Waals surface area (Å²) in [5.41, 5.74) is 0.131. The van der Waals surface area contributed by atoms with E-state index >= 15 is 0 Å². The number of aliphatic carboxylic acids is 1. The minimum Gasteiger partial charge on any atom is -0.492 e. The van der Waals surface area contributed by atoms with Gasteiger partial charge in [-0.15, -0.1) is 0 Å². The molecule has 4 nitrogen and oxygen atoms in total. The Bertz CT molecular complexity index is 466. The summed E-state index contributed by atoms with van der Waals surface area (Å²) in [6, 6.07) is 4.55. The molecule has 0 aromatic heterocycles. The van der Waals surface area contributed by atoms with Crippen molar-refractivity contribution in [2.75, 3.05) is 6.61 Å². The van der Waals surface area contributed by atoms with Crippen LogP contribution in [0.4, 0.5) is 0 Å². The standard InChI is InChI=1S/C12H11BrO4/c13-9-4-3-8(11(14)12(15)16)5-10(9)17-6-7-1-2-7/h3-5,7H,1-2,6H2,(H,15,16). The van der Waals surface area contributed by atoms with Crippen LogP contribution in [0, 0.1) is 5.92 Å². The maximum absolute atomic E-state index is 11.3. The highest BCUT2D eigenvalue weighted by Crippen LogP contribution is 2.32. The van der Waals surface area contributed by atoms with Gasteiger partial charge in [-0.1, -0.05) is 0 Å². The van der Waals surface area contributed by atoms with Crippen LogP contribution in [0.25, 0.3) is 0 Å². The van der Waals surface area contributed by atoms with Gasteiger partial charge in [0.1, 0.15) is 5.75 Å². The van der Waals surface area contributed by atoms with Gasteiger partial charge in [-0.05, 0) is 52.9 Å². The average Bonchev–Trinajstić information content (AvgIpc) is 3.11. The number of hydrogen-bond acceptors (Lipinski definition) is 3. The van der Waals surface area contributed by atoms with Crippen LogP contribution in [0.15, 0.2) is 22.7 Å². The van der Waals surface area contributed by atoms with Crippen molar-refractivity contribution in [2.45, 2.75) is 12.8 Å². The third kappa shape index (κ3) is 3.06. The molecule has 0 spiro atoms. The van der Waals surface area contributed by atoms with Crippen LogP contribution in [-0.2, 0) is 4.79 Å². The molecule has 0 bridgehead atoms. The van der Waals surface area contributed by atoms with Crippen LogP contribution >= 0.6 is 15.9 Å². The first-order chi connectivity index (χ1) is 8.08. The molecule has 0 unspecified atom stereocenters. The number of ether oxygens (including phenoxy) is 1. The summed E-state index contributed by atoms with van der Waals surface area (Å²) >= 11 is 3.30. The highest BCUT2D eigenvalue weighted by molar-refractivity contribution is 9.10. The molecule has 1 N–H and O–H groups in total. The summed E-state index contributed by atoms with van der Waals surface area (Å²) in [6.07, 6.45) is 2.34. The summed E-state index contributed by atoms with van der Waals surface area (Å²) in [5, 5.41) is 8.62. The van der Waals surface area contributed by atoms with Crippen molar-refractivity contribution in [2.24, 2.45) is 5.92 Å². The molecule has 0 amide bonds. The smallest absolute Gasteiger partial charge is 0.377 e. The Labute approximate surface area is 107 Å². The molecule has 1 fully saturated rings. The largest absolute Gasteiger partial charge is 0.492 e. The Hall–Kier alpha value is -1.36. The number of benzene rings is 1. The lowest BCUT2D eigenvalue weighted by Crippen LogP contribution is -2.12. The molecule has 0 aliphatic heterocycles. The molecule has 1 aromatic carbocycles. The number of ketones is 1. The van der Waals surface area contributed by atoms with E-state index in [0.29, 0.717) is 18.3 Å². The van der Waals surface area contributed by atoms with Gasteiger partial charge in [0, 0.05) is 5.56 Å². The number of carboxylic acid groups (broad SMARTS) is 1.